The summed E-state index contributed by atoms with van der Waals surface area (Å²) >= 11 is 0. The molecule has 21 heavy (non-hydrogen) atoms. The first-order valence-electron chi connectivity index (χ1n) is 7.31. The summed E-state index contributed by atoms with van der Waals surface area (Å²) in [7, 11) is 0. The summed E-state index contributed by atoms with van der Waals surface area (Å²) < 4.78 is 0. The summed E-state index contributed by atoms with van der Waals surface area (Å²) in [4.78, 5) is 25.8. The fourth-order valence-corrected chi connectivity index (χ4v) is 2.84. The van der Waals surface area contributed by atoms with Gasteiger partial charge in [-0.1, -0.05) is 38.1 Å². The molecule has 0 aliphatic carbocycles. The van der Waals surface area contributed by atoms with Crippen molar-refractivity contribution in [3.8, 4) is 0 Å². The summed E-state index contributed by atoms with van der Waals surface area (Å²) in [5, 5.41) is 9.43. The molecule has 3 N–H and O–H groups in total. The predicted octanol–water partition coefficient (Wildman–Crippen LogP) is 1.71. The lowest BCUT2D eigenvalue weighted by molar-refractivity contribution is -0.143. The van der Waals surface area contributed by atoms with Crippen LogP contribution >= 0.6 is 0 Å². The van der Waals surface area contributed by atoms with Crippen molar-refractivity contribution >= 4 is 11.9 Å². The van der Waals surface area contributed by atoms with Gasteiger partial charge >= 0.3 is 5.97 Å². The standard InChI is InChI=1S/C16H22N2O3/c1-3-16(17,4-2)15(21)18-9-11-7-5-6-8-12(11)13(10-18)14(19)20/h5-8,13H,3-4,9-10,17H2,1-2H3,(H,19,20). The van der Waals surface area contributed by atoms with Crippen molar-refractivity contribution in [2.24, 2.45) is 5.73 Å². The van der Waals surface area contributed by atoms with E-state index in [9.17, 15) is 14.7 Å². The number of amides is 1. The smallest absolute Gasteiger partial charge is 0.312 e. The third-order valence-corrected chi connectivity index (χ3v) is 4.47. The highest BCUT2D eigenvalue weighted by Gasteiger charge is 2.39. The van der Waals surface area contributed by atoms with E-state index >= 15 is 0 Å². The van der Waals surface area contributed by atoms with E-state index in [1.165, 1.54) is 0 Å². The second-order valence-electron chi connectivity index (χ2n) is 5.64. The molecule has 1 atom stereocenters. The zero-order valence-electron chi connectivity index (χ0n) is 12.5. The molecule has 1 aromatic rings. The number of nitrogens with two attached hydrogens (primary N) is 1. The van der Waals surface area contributed by atoms with Crippen LogP contribution in [0.4, 0.5) is 0 Å². The molecule has 1 amide bonds. The maximum absolute atomic E-state index is 12.7. The number of carboxylic acid groups (broad SMARTS) is 1. The molecule has 114 valence electrons. The van der Waals surface area contributed by atoms with E-state index in [1.807, 2.05) is 38.1 Å². The van der Waals surface area contributed by atoms with Crippen molar-refractivity contribution in [2.75, 3.05) is 6.54 Å². The molecular weight excluding hydrogens is 268 g/mol. The van der Waals surface area contributed by atoms with E-state index in [0.29, 0.717) is 19.4 Å². The van der Waals surface area contributed by atoms with E-state index in [1.54, 1.807) is 4.90 Å². The van der Waals surface area contributed by atoms with Crippen molar-refractivity contribution in [1.82, 2.24) is 4.90 Å². The molecular formula is C16H22N2O3. The van der Waals surface area contributed by atoms with Crippen LogP contribution in [0.3, 0.4) is 0 Å². The van der Waals surface area contributed by atoms with Crippen LogP contribution in [0.5, 0.6) is 0 Å². The Morgan fingerprint density at radius 2 is 1.95 bits per heavy atom. The zero-order valence-corrected chi connectivity index (χ0v) is 12.5. The Morgan fingerprint density at radius 1 is 1.33 bits per heavy atom. The number of carbonyl (C=O) groups excluding carboxylic acids is 1. The molecule has 2 rings (SSSR count). The van der Waals surface area contributed by atoms with E-state index < -0.39 is 17.4 Å². The van der Waals surface area contributed by atoms with Crippen LogP contribution < -0.4 is 5.73 Å². The van der Waals surface area contributed by atoms with Crippen LogP contribution in [0, 0.1) is 0 Å². The number of hydrogen-bond donors (Lipinski definition) is 2. The van der Waals surface area contributed by atoms with Crippen molar-refractivity contribution in [3.05, 3.63) is 35.4 Å². The predicted molar refractivity (Wildman–Crippen MR) is 79.7 cm³/mol. The number of aliphatic carboxylic acids is 1. The van der Waals surface area contributed by atoms with Gasteiger partial charge in [0.1, 0.15) is 0 Å². The molecule has 1 heterocycles. The van der Waals surface area contributed by atoms with E-state index in [-0.39, 0.29) is 12.5 Å². The fourth-order valence-electron chi connectivity index (χ4n) is 2.84. The zero-order chi connectivity index (χ0) is 15.6. The lowest BCUT2D eigenvalue weighted by Gasteiger charge is -2.38. The van der Waals surface area contributed by atoms with Gasteiger partial charge in [0.2, 0.25) is 5.91 Å². The van der Waals surface area contributed by atoms with Crippen molar-refractivity contribution in [2.45, 2.75) is 44.7 Å². The van der Waals surface area contributed by atoms with Crippen molar-refractivity contribution in [3.63, 3.8) is 0 Å². The van der Waals surface area contributed by atoms with E-state index in [2.05, 4.69) is 0 Å². The van der Waals surface area contributed by atoms with Crippen LogP contribution in [0.25, 0.3) is 0 Å². The van der Waals surface area contributed by atoms with Crippen LogP contribution in [0.1, 0.15) is 43.7 Å². The van der Waals surface area contributed by atoms with Gasteiger partial charge in [-0.25, -0.2) is 0 Å². The minimum Gasteiger partial charge on any atom is -0.481 e. The van der Waals surface area contributed by atoms with Crippen molar-refractivity contribution < 1.29 is 14.7 Å². The molecule has 1 aromatic carbocycles. The second-order valence-corrected chi connectivity index (χ2v) is 5.64. The molecule has 5 heteroatoms. The molecule has 1 aliphatic rings. The first kappa shape index (κ1) is 15.5. The Morgan fingerprint density at radius 3 is 2.52 bits per heavy atom. The largest absolute Gasteiger partial charge is 0.481 e. The molecule has 0 spiro atoms. The van der Waals surface area contributed by atoms with Gasteiger partial charge in [-0.2, -0.15) is 0 Å². The fraction of sp³-hybridized carbons (Fsp3) is 0.500. The Balaban J connectivity index is 2.34. The average Bonchev–Trinajstić information content (AvgIpc) is 2.52. The van der Waals surface area contributed by atoms with Gasteiger partial charge in [0.05, 0.1) is 11.5 Å². The maximum Gasteiger partial charge on any atom is 0.312 e. The first-order valence-corrected chi connectivity index (χ1v) is 7.31. The Kier molecular flexibility index (Phi) is 4.32. The molecule has 0 radical (unpaired) electrons. The van der Waals surface area contributed by atoms with Gasteiger partial charge in [0.15, 0.2) is 0 Å². The molecule has 5 nitrogen and oxygen atoms in total. The Hall–Kier alpha value is -1.88. The van der Waals surface area contributed by atoms with Crippen LogP contribution in [-0.4, -0.2) is 34.0 Å². The van der Waals surface area contributed by atoms with E-state index in [0.717, 1.165) is 11.1 Å². The van der Waals surface area contributed by atoms with Gasteiger partial charge < -0.3 is 15.7 Å². The average molecular weight is 290 g/mol. The number of benzene rings is 1. The lowest BCUT2D eigenvalue weighted by atomic mass is 9.86. The third kappa shape index (κ3) is 2.78. The number of fused-ring (bicyclic) bond motifs is 1. The number of hydrogen-bond acceptors (Lipinski definition) is 3. The topological polar surface area (TPSA) is 83.6 Å². The molecule has 0 fully saturated rings. The van der Waals surface area contributed by atoms with Crippen LogP contribution in [0.2, 0.25) is 0 Å². The number of carbonyl (C=O) groups is 2. The minimum absolute atomic E-state index is 0.159. The quantitative estimate of drug-likeness (QED) is 0.884. The highest BCUT2D eigenvalue weighted by atomic mass is 16.4. The number of rotatable bonds is 4. The Bertz CT molecular complexity index is 552. The summed E-state index contributed by atoms with van der Waals surface area (Å²) in [6, 6.07) is 7.39. The summed E-state index contributed by atoms with van der Waals surface area (Å²) in [5.41, 5.74) is 6.95. The van der Waals surface area contributed by atoms with Crippen LogP contribution in [-0.2, 0) is 16.1 Å². The SMILES string of the molecule is CCC(N)(CC)C(=O)N1Cc2ccccc2C(C(=O)O)C1. The molecule has 1 unspecified atom stereocenters. The molecule has 0 saturated carbocycles. The van der Waals surface area contributed by atoms with E-state index in [4.69, 9.17) is 5.73 Å². The number of nitrogens with zero attached hydrogens (tertiary/aromatic N) is 1. The lowest BCUT2D eigenvalue weighted by Crippen LogP contribution is -2.56. The number of carboxylic acids is 1. The van der Waals surface area contributed by atoms with Gasteiger partial charge in [-0.05, 0) is 24.0 Å². The first-order chi connectivity index (χ1) is 9.92. The normalized spacial score (nSPS) is 18.2. The highest BCUT2D eigenvalue weighted by Crippen LogP contribution is 2.30. The maximum atomic E-state index is 12.7. The molecule has 0 aromatic heterocycles. The molecule has 0 saturated heterocycles. The second kappa shape index (κ2) is 5.85. The van der Waals surface area contributed by atoms with Crippen LogP contribution in [0.15, 0.2) is 24.3 Å². The van der Waals surface area contributed by atoms with Gasteiger partial charge in [-0.15, -0.1) is 0 Å². The van der Waals surface area contributed by atoms with Gasteiger partial charge in [0.25, 0.3) is 0 Å². The Labute approximate surface area is 124 Å². The molecule has 1 aliphatic heterocycles. The summed E-state index contributed by atoms with van der Waals surface area (Å²) in [6.07, 6.45) is 1.08. The minimum atomic E-state index is -0.907. The van der Waals surface area contributed by atoms with Crippen molar-refractivity contribution in [1.29, 1.82) is 0 Å². The third-order valence-electron chi connectivity index (χ3n) is 4.47. The highest BCUT2D eigenvalue weighted by molar-refractivity contribution is 5.87. The summed E-state index contributed by atoms with van der Waals surface area (Å²) in [5.74, 6) is -1.75. The van der Waals surface area contributed by atoms with Gasteiger partial charge in [-0.3, -0.25) is 9.59 Å². The van der Waals surface area contributed by atoms with Gasteiger partial charge in [0, 0.05) is 13.1 Å². The summed E-state index contributed by atoms with van der Waals surface area (Å²) in [6.45, 7) is 4.38. The monoisotopic (exact) mass is 290 g/mol. The molecule has 0 bridgehead atoms.